The van der Waals surface area contributed by atoms with E-state index in [2.05, 4.69) is 10.6 Å². The summed E-state index contributed by atoms with van der Waals surface area (Å²) in [4.78, 5) is 21.8. The third kappa shape index (κ3) is 6.94. The molecular formula is C12H22N2O3. The maximum absolute atomic E-state index is 11.5. The number of unbranched alkanes of at least 4 members (excludes halogenated alkanes) is 2. The van der Waals surface area contributed by atoms with Gasteiger partial charge < -0.3 is 15.7 Å². The standard InChI is InChI=1S/C12H22N2O3/c15-11(9-10-5-4-8-13-10)14-7-3-1-2-6-12(16)17/h10,13H,1-9H2,(H,14,15)(H,16,17). The Kier molecular flexibility index (Phi) is 6.62. The van der Waals surface area contributed by atoms with Gasteiger partial charge in [-0.05, 0) is 32.2 Å². The monoisotopic (exact) mass is 242 g/mol. The van der Waals surface area contributed by atoms with Crippen LogP contribution in [0.1, 0.15) is 44.9 Å². The van der Waals surface area contributed by atoms with Crippen LogP contribution >= 0.6 is 0 Å². The molecule has 1 aliphatic rings. The summed E-state index contributed by atoms with van der Waals surface area (Å²) in [6.07, 6.45) is 5.44. The second-order valence-corrected chi connectivity index (χ2v) is 4.55. The first-order valence-electron chi connectivity index (χ1n) is 6.40. The molecule has 5 nitrogen and oxygen atoms in total. The van der Waals surface area contributed by atoms with Gasteiger partial charge >= 0.3 is 5.97 Å². The molecule has 0 aromatic rings. The van der Waals surface area contributed by atoms with Crippen LogP contribution in [0.3, 0.4) is 0 Å². The summed E-state index contributed by atoms with van der Waals surface area (Å²) in [5.41, 5.74) is 0. The van der Waals surface area contributed by atoms with Crippen LogP contribution in [0.25, 0.3) is 0 Å². The summed E-state index contributed by atoms with van der Waals surface area (Å²) in [6, 6.07) is 0.349. The molecule has 0 saturated carbocycles. The molecule has 1 fully saturated rings. The molecule has 5 heteroatoms. The molecule has 1 aliphatic heterocycles. The second-order valence-electron chi connectivity index (χ2n) is 4.55. The second kappa shape index (κ2) is 8.06. The van der Waals surface area contributed by atoms with Gasteiger partial charge in [-0.1, -0.05) is 6.42 Å². The van der Waals surface area contributed by atoms with Crippen molar-refractivity contribution in [2.75, 3.05) is 13.1 Å². The molecule has 3 N–H and O–H groups in total. The van der Waals surface area contributed by atoms with Crippen LogP contribution in [-0.2, 0) is 9.59 Å². The van der Waals surface area contributed by atoms with Crippen LogP contribution < -0.4 is 10.6 Å². The van der Waals surface area contributed by atoms with Crippen molar-refractivity contribution in [1.82, 2.24) is 10.6 Å². The first-order valence-corrected chi connectivity index (χ1v) is 6.40. The molecular weight excluding hydrogens is 220 g/mol. The fourth-order valence-corrected chi connectivity index (χ4v) is 2.03. The van der Waals surface area contributed by atoms with Gasteiger partial charge in [0, 0.05) is 25.4 Å². The number of nitrogens with one attached hydrogen (secondary N) is 2. The molecule has 0 radical (unpaired) electrons. The Morgan fingerprint density at radius 1 is 1.29 bits per heavy atom. The lowest BCUT2D eigenvalue weighted by molar-refractivity contribution is -0.137. The average molecular weight is 242 g/mol. The predicted molar refractivity (Wildman–Crippen MR) is 64.8 cm³/mol. The number of hydrogen-bond acceptors (Lipinski definition) is 3. The fourth-order valence-electron chi connectivity index (χ4n) is 2.03. The number of carboxylic acids is 1. The lowest BCUT2D eigenvalue weighted by Gasteiger charge is -2.10. The van der Waals surface area contributed by atoms with E-state index in [9.17, 15) is 9.59 Å². The van der Waals surface area contributed by atoms with Gasteiger partial charge in [0.1, 0.15) is 0 Å². The fraction of sp³-hybridized carbons (Fsp3) is 0.833. The molecule has 17 heavy (non-hydrogen) atoms. The molecule has 1 atom stereocenters. The van der Waals surface area contributed by atoms with Gasteiger partial charge in [0.2, 0.25) is 5.91 Å². The minimum absolute atomic E-state index is 0.0997. The maximum atomic E-state index is 11.5. The van der Waals surface area contributed by atoms with Gasteiger partial charge in [-0.25, -0.2) is 0 Å². The van der Waals surface area contributed by atoms with Gasteiger partial charge in [0.25, 0.3) is 0 Å². The Bertz CT molecular complexity index is 250. The third-order valence-corrected chi connectivity index (χ3v) is 2.98. The van der Waals surface area contributed by atoms with Crippen molar-refractivity contribution >= 4 is 11.9 Å². The number of carboxylic acid groups (broad SMARTS) is 1. The molecule has 0 spiro atoms. The quantitative estimate of drug-likeness (QED) is 0.552. The van der Waals surface area contributed by atoms with E-state index in [1.807, 2.05) is 0 Å². The molecule has 0 aliphatic carbocycles. The van der Waals surface area contributed by atoms with E-state index >= 15 is 0 Å². The molecule has 0 aromatic carbocycles. The topological polar surface area (TPSA) is 78.4 Å². The van der Waals surface area contributed by atoms with E-state index < -0.39 is 5.97 Å². The molecule has 1 amide bonds. The highest BCUT2D eigenvalue weighted by Crippen LogP contribution is 2.08. The van der Waals surface area contributed by atoms with Crippen molar-refractivity contribution in [1.29, 1.82) is 0 Å². The van der Waals surface area contributed by atoms with Gasteiger partial charge in [-0.15, -0.1) is 0 Å². The van der Waals surface area contributed by atoms with Crippen LogP contribution in [0.15, 0.2) is 0 Å². The van der Waals surface area contributed by atoms with E-state index in [0.717, 1.165) is 32.2 Å². The summed E-state index contributed by atoms with van der Waals surface area (Å²) >= 11 is 0. The number of carbonyl (C=O) groups excluding carboxylic acids is 1. The first-order chi connectivity index (χ1) is 8.18. The minimum atomic E-state index is -0.749. The summed E-state index contributed by atoms with van der Waals surface area (Å²) in [6.45, 7) is 1.68. The van der Waals surface area contributed by atoms with Crippen LogP contribution in [-0.4, -0.2) is 36.1 Å². The van der Waals surface area contributed by atoms with Gasteiger partial charge in [-0.3, -0.25) is 9.59 Å². The van der Waals surface area contributed by atoms with E-state index in [0.29, 0.717) is 25.4 Å². The molecule has 0 aromatic heterocycles. The van der Waals surface area contributed by atoms with Crippen molar-refractivity contribution in [3.05, 3.63) is 0 Å². The van der Waals surface area contributed by atoms with Crippen LogP contribution in [0.5, 0.6) is 0 Å². The first kappa shape index (κ1) is 14.0. The van der Waals surface area contributed by atoms with E-state index in [1.54, 1.807) is 0 Å². The lowest BCUT2D eigenvalue weighted by Crippen LogP contribution is -2.32. The Hall–Kier alpha value is -1.10. The molecule has 1 rings (SSSR count). The Labute approximate surface area is 102 Å². The highest BCUT2D eigenvalue weighted by Gasteiger charge is 2.16. The van der Waals surface area contributed by atoms with Crippen molar-refractivity contribution < 1.29 is 14.7 Å². The summed E-state index contributed by atoms with van der Waals surface area (Å²) in [7, 11) is 0. The number of hydrogen-bond donors (Lipinski definition) is 3. The van der Waals surface area contributed by atoms with E-state index in [4.69, 9.17) is 5.11 Å². The number of carbonyl (C=O) groups is 2. The highest BCUT2D eigenvalue weighted by molar-refractivity contribution is 5.76. The third-order valence-electron chi connectivity index (χ3n) is 2.98. The largest absolute Gasteiger partial charge is 0.481 e. The van der Waals surface area contributed by atoms with Crippen molar-refractivity contribution in [2.45, 2.75) is 51.0 Å². The van der Waals surface area contributed by atoms with Crippen molar-refractivity contribution in [3.63, 3.8) is 0 Å². The average Bonchev–Trinajstić information content (AvgIpc) is 2.75. The summed E-state index contributed by atoms with van der Waals surface area (Å²) < 4.78 is 0. The Morgan fingerprint density at radius 3 is 2.76 bits per heavy atom. The minimum Gasteiger partial charge on any atom is -0.481 e. The van der Waals surface area contributed by atoms with Crippen LogP contribution in [0, 0.1) is 0 Å². The number of aliphatic carboxylic acids is 1. The molecule has 0 bridgehead atoms. The predicted octanol–water partition coefficient (Wildman–Crippen LogP) is 0.890. The molecule has 1 unspecified atom stereocenters. The summed E-state index contributed by atoms with van der Waals surface area (Å²) in [5.74, 6) is -0.649. The van der Waals surface area contributed by atoms with E-state index in [-0.39, 0.29) is 12.3 Å². The zero-order valence-corrected chi connectivity index (χ0v) is 10.2. The van der Waals surface area contributed by atoms with Crippen molar-refractivity contribution in [2.24, 2.45) is 0 Å². The SMILES string of the molecule is O=C(O)CCCCCNC(=O)CC1CCCN1. The van der Waals surface area contributed by atoms with E-state index in [1.165, 1.54) is 0 Å². The number of amides is 1. The highest BCUT2D eigenvalue weighted by atomic mass is 16.4. The zero-order chi connectivity index (χ0) is 12.5. The maximum Gasteiger partial charge on any atom is 0.303 e. The molecule has 98 valence electrons. The normalized spacial score (nSPS) is 19.2. The van der Waals surface area contributed by atoms with Gasteiger partial charge in [0.05, 0.1) is 0 Å². The van der Waals surface area contributed by atoms with Gasteiger partial charge in [-0.2, -0.15) is 0 Å². The number of rotatable bonds is 8. The zero-order valence-electron chi connectivity index (χ0n) is 10.2. The van der Waals surface area contributed by atoms with Crippen LogP contribution in [0.2, 0.25) is 0 Å². The Balaban J connectivity index is 1.91. The van der Waals surface area contributed by atoms with Gasteiger partial charge in [0.15, 0.2) is 0 Å². The summed E-state index contributed by atoms with van der Waals surface area (Å²) in [5, 5.41) is 14.6. The smallest absolute Gasteiger partial charge is 0.303 e. The Morgan fingerprint density at radius 2 is 2.12 bits per heavy atom. The van der Waals surface area contributed by atoms with Crippen LogP contribution in [0.4, 0.5) is 0 Å². The van der Waals surface area contributed by atoms with Crippen molar-refractivity contribution in [3.8, 4) is 0 Å². The molecule has 1 saturated heterocycles. The molecule has 1 heterocycles. The lowest BCUT2D eigenvalue weighted by atomic mass is 10.1.